The van der Waals surface area contributed by atoms with E-state index in [4.69, 9.17) is 0 Å². The highest BCUT2D eigenvalue weighted by molar-refractivity contribution is 5.42. The summed E-state index contributed by atoms with van der Waals surface area (Å²) in [6, 6.07) is 1.94. The van der Waals surface area contributed by atoms with Crippen LogP contribution in [0.25, 0.3) is 0 Å². The number of alkyl halides is 12. The molecule has 12 heteroatoms. The molecule has 0 aromatic heterocycles. The molecule has 0 nitrogen and oxygen atoms in total. The van der Waals surface area contributed by atoms with Gasteiger partial charge in [0.15, 0.2) is 0 Å². The number of hydrogen-bond donors (Lipinski definition) is 0. The van der Waals surface area contributed by atoms with Gasteiger partial charge in [0.2, 0.25) is 0 Å². The first-order valence-electron chi connectivity index (χ1n) is 8.76. The average Bonchev–Trinajstić information content (AvgIpc) is 2.52. The Morgan fingerprint density at radius 2 is 0.633 bits per heavy atom. The van der Waals surface area contributed by atoms with E-state index >= 15 is 0 Å². The van der Waals surface area contributed by atoms with Gasteiger partial charge in [0, 0.05) is 25.7 Å². The minimum absolute atomic E-state index is 0.246. The van der Waals surface area contributed by atoms with Crippen molar-refractivity contribution in [3.05, 3.63) is 34.4 Å². The van der Waals surface area contributed by atoms with E-state index in [1.54, 1.807) is 0 Å². The minimum atomic E-state index is -4.75. The standard InChI is InChI=1S/C18H18F12/c19-15(20,21)7-3-11-1-2-12(4-8-16(22,23)24)14(6-10-18(28,29)30)13(11)5-9-17(25,26)27/h1-2H,3-10H2. The van der Waals surface area contributed by atoms with Crippen molar-refractivity contribution in [3.63, 3.8) is 0 Å². The Morgan fingerprint density at radius 3 is 0.867 bits per heavy atom. The maximum absolute atomic E-state index is 12.7. The van der Waals surface area contributed by atoms with Crippen LogP contribution in [-0.2, 0) is 25.7 Å². The van der Waals surface area contributed by atoms with Gasteiger partial charge in [0.05, 0.1) is 0 Å². The van der Waals surface area contributed by atoms with Crippen molar-refractivity contribution in [2.24, 2.45) is 0 Å². The summed E-state index contributed by atoms with van der Waals surface area (Å²) in [5.74, 6) is 0. The molecule has 1 rings (SSSR count). The normalized spacial score (nSPS) is 13.7. The summed E-state index contributed by atoms with van der Waals surface area (Å²) in [5, 5.41) is 0. The number of hydrogen-bond acceptors (Lipinski definition) is 0. The van der Waals surface area contributed by atoms with E-state index in [1.165, 1.54) is 0 Å². The predicted octanol–water partition coefficient (Wildman–Crippen LogP) is 7.67. The second-order valence-electron chi connectivity index (χ2n) is 6.80. The lowest BCUT2D eigenvalue weighted by Crippen LogP contribution is -2.17. The predicted molar refractivity (Wildman–Crippen MR) is 83.9 cm³/mol. The van der Waals surface area contributed by atoms with Gasteiger partial charge in [-0.15, -0.1) is 0 Å². The Balaban J connectivity index is 3.39. The molecule has 0 unspecified atom stereocenters. The second-order valence-corrected chi connectivity index (χ2v) is 6.80. The Labute approximate surface area is 164 Å². The molecule has 0 atom stereocenters. The molecule has 0 amide bonds. The van der Waals surface area contributed by atoms with Crippen LogP contribution in [0.2, 0.25) is 0 Å². The van der Waals surface area contributed by atoms with Crippen molar-refractivity contribution in [2.45, 2.75) is 76.1 Å². The molecule has 174 valence electrons. The number of rotatable bonds is 8. The molecular weight excluding hydrogens is 444 g/mol. The molecule has 0 N–H and O–H groups in total. The zero-order valence-electron chi connectivity index (χ0n) is 15.3. The lowest BCUT2D eigenvalue weighted by atomic mass is 9.86. The summed E-state index contributed by atoms with van der Waals surface area (Å²) in [6.07, 6.45) is -28.1. The van der Waals surface area contributed by atoms with Crippen molar-refractivity contribution in [1.82, 2.24) is 0 Å². The van der Waals surface area contributed by atoms with Crippen molar-refractivity contribution >= 4 is 0 Å². The molecule has 0 saturated heterocycles. The second kappa shape index (κ2) is 9.67. The molecule has 0 aliphatic carbocycles. The first-order valence-corrected chi connectivity index (χ1v) is 8.76. The van der Waals surface area contributed by atoms with Gasteiger partial charge in [0.1, 0.15) is 0 Å². The summed E-state index contributed by atoms with van der Waals surface area (Å²) < 4.78 is 151. The van der Waals surface area contributed by atoms with Crippen LogP contribution in [0.3, 0.4) is 0 Å². The molecule has 1 aromatic rings. The molecule has 0 bridgehead atoms. The van der Waals surface area contributed by atoms with Crippen molar-refractivity contribution in [3.8, 4) is 0 Å². The zero-order valence-corrected chi connectivity index (χ0v) is 15.3. The van der Waals surface area contributed by atoms with Crippen LogP contribution in [0.5, 0.6) is 0 Å². The summed E-state index contributed by atoms with van der Waals surface area (Å²) in [4.78, 5) is 0. The third-order valence-corrected chi connectivity index (χ3v) is 4.30. The molecule has 0 aliphatic rings. The lowest BCUT2D eigenvalue weighted by molar-refractivity contribution is -0.136. The topological polar surface area (TPSA) is 0 Å². The van der Waals surface area contributed by atoms with E-state index in [0.29, 0.717) is 0 Å². The quantitative estimate of drug-likeness (QED) is 0.348. The summed E-state index contributed by atoms with van der Waals surface area (Å²) in [6.45, 7) is 0. The van der Waals surface area contributed by atoms with Crippen LogP contribution in [0.15, 0.2) is 12.1 Å². The molecule has 30 heavy (non-hydrogen) atoms. The Kier molecular flexibility index (Phi) is 8.52. The largest absolute Gasteiger partial charge is 0.389 e. The van der Waals surface area contributed by atoms with Crippen LogP contribution < -0.4 is 0 Å². The van der Waals surface area contributed by atoms with Gasteiger partial charge < -0.3 is 0 Å². The van der Waals surface area contributed by atoms with E-state index in [9.17, 15) is 52.7 Å². The fourth-order valence-corrected chi connectivity index (χ4v) is 2.97. The van der Waals surface area contributed by atoms with Crippen LogP contribution in [0.4, 0.5) is 52.7 Å². The summed E-state index contributed by atoms with van der Waals surface area (Å²) >= 11 is 0. The van der Waals surface area contributed by atoms with Crippen LogP contribution in [0, 0.1) is 0 Å². The first-order chi connectivity index (χ1) is 13.4. The third-order valence-electron chi connectivity index (χ3n) is 4.30. The van der Waals surface area contributed by atoms with Crippen LogP contribution in [-0.4, -0.2) is 24.7 Å². The van der Waals surface area contributed by atoms with Crippen LogP contribution in [0.1, 0.15) is 47.9 Å². The van der Waals surface area contributed by atoms with Gasteiger partial charge in [0.25, 0.3) is 0 Å². The highest BCUT2D eigenvalue weighted by Gasteiger charge is 2.33. The molecule has 0 heterocycles. The molecule has 1 aromatic carbocycles. The first kappa shape index (κ1) is 26.4. The van der Waals surface area contributed by atoms with Gasteiger partial charge in [-0.3, -0.25) is 0 Å². The molecule has 0 saturated carbocycles. The fraction of sp³-hybridized carbons (Fsp3) is 0.667. The van der Waals surface area contributed by atoms with Gasteiger partial charge in [-0.25, -0.2) is 0 Å². The zero-order chi connectivity index (χ0) is 23.4. The molecular formula is C18H18F12. The smallest absolute Gasteiger partial charge is 0.171 e. The Hall–Kier alpha value is -1.62. The minimum Gasteiger partial charge on any atom is -0.171 e. The van der Waals surface area contributed by atoms with E-state index in [1.807, 2.05) is 0 Å². The van der Waals surface area contributed by atoms with Crippen molar-refractivity contribution in [1.29, 1.82) is 0 Å². The van der Waals surface area contributed by atoms with E-state index in [-0.39, 0.29) is 22.3 Å². The van der Waals surface area contributed by atoms with E-state index in [2.05, 4.69) is 0 Å². The third kappa shape index (κ3) is 11.0. The monoisotopic (exact) mass is 462 g/mol. The number of aryl methyl sites for hydroxylation is 2. The molecule has 0 aliphatic heterocycles. The maximum Gasteiger partial charge on any atom is 0.389 e. The van der Waals surface area contributed by atoms with Gasteiger partial charge in [-0.1, -0.05) is 12.1 Å². The molecule has 0 radical (unpaired) electrons. The van der Waals surface area contributed by atoms with Crippen molar-refractivity contribution < 1.29 is 52.7 Å². The maximum atomic E-state index is 12.7. The van der Waals surface area contributed by atoms with Gasteiger partial charge >= 0.3 is 24.7 Å². The van der Waals surface area contributed by atoms with Gasteiger partial charge in [-0.2, -0.15) is 52.7 Å². The number of benzene rings is 1. The van der Waals surface area contributed by atoms with Crippen LogP contribution >= 0.6 is 0 Å². The number of halogens is 12. The van der Waals surface area contributed by atoms with Gasteiger partial charge in [-0.05, 0) is 47.9 Å². The molecule has 0 spiro atoms. The van der Waals surface area contributed by atoms with E-state index in [0.717, 1.165) is 12.1 Å². The Morgan fingerprint density at radius 1 is 0.400 bits per heavy atom. The fourth-order valence-electron chi connectivity index (χ4n) is 2.97. The summed E-state index contributed by atoms with van der Waals surface area (Å²) in [5.41, 5.74) is -1.27. The molecule has 0 fully saturated rings. The highest BCUT2D eigenvalue weighted by atomic mass is 19.4. The lowest BCUT2D eigenvalue weighted by Gasteiger charge is -2.21. The highest BCUT2D eigenvalue weighted by Crippen LogP contribution is 2.34. The average molecular weight is 462 g/mol. The van der Waals surface area contributed by atoms with Crippen molar-refractivity contribution in [2.75, 3.05) is 0 Å². The Bertz CT molecular complexity index is 618. The SMILES string of the molecule is FC(F)(F)CCc1ccc(CCC(F)(F)F)c(CCC(F)(F)F)c1CCC(F)(F)F. The van der Waals surface area contributed by atoms with E-state index < -0.39 is 76.1 Å². The summed E-state index contributed by atoms with van der Waals surface area (Å²) in [7, 11) is 0.